The molecule has 0 aliphatic carbocycles. The van der Waals surface area contributed by atoms with E-state index >= 15 is 8.78 Å². The molecule has 4 aromatic carbocycles. The van der Waals surface area contributed by atoms with Gasteiger partial charge in [-0.25, -0.2) is 18.7 Å². The van der Waals surface area contributed by atoms with Gasteiger partial charge in [-0.1, -0.05) is 36.4 Å². The number of hydrogen-bond acceptors (Lipinski definition) is 8. The van der Waals surface area contributed by atoms with Crippen LogP contribution in [0, 0.1) is 11.6 Å². The number of benzene rings is 4. The maximum Gasteiger partial charge on any atom is 0.148 e. The molecule has 0 saturated carbocycles. The first kappa shape index (κ1) is 26.5. The molecule has 4 nitrogen and oxygen atoms in total. The van der Waals surface area contributed by atoms with E-state index in [1.165, 1.54) is 45.3 Å². The molecule has 0 unspecified atom stereocenters. The van der Waals surface area contributed by atoms with Crippen molar-refractivity contribution in [1.82, 2.24) is 9.97 Å². The summed E-state index contributed by atoms with van der Waals surface area (Å²) >= 11 is 5.76. The van der Waals surface area contributed by atoms with Gasteiger partial charge in [0.1, 0.15) is 54.1 Å². The predicted octanol–water partition coefficient (Wildman–Crippen LogP) is 12.6. The summed E-state index contributed by atoms with van der Waals surface area (Å²) in [6.45, 7) is 0. The second-order valence-corrected chi connectivity index (χ2v) is 15.1. The molecule has 0 N–H and O–H groups in total. The highest BCUT2D eigenvalue weighted by Crippen LogP contribution is 2.44. The van der Waals surface area contributed by atoms with Crippen LogP contribution >= 0.6 is 45.3 Å². The van der Waals surface area contributed by atoms with Crippen molar-refractivity contribution in [2.75, 3.05) is 0 Å². The van der Waals surface area contributed by atoms with Gasteiger partial charge in [0.25, 0.3) is 0 Å². The van der Waals surface area contributed by atoms with E-state index < -0.39 is 0 Å². The lowest BCUT2D eigenvalue weighted by atomic mass is 10.1. The molecule has 0 fully saturated rings. The lowest BCUT2D eigenvalue weighted by Gasteiger charge is -1.97. The Morgan fingerprint density at radius 3 is 1.39 bits per heavy atom. The van der Waals surface area contributed by atoms with Gasteiger partial charge >= 0.3 is 0 Å². The Hall–Kier alpha value is -4.74. The molecule has 46 heavy (non-hydrogen) atoms. The third kappa shape index (κ3) is 4.18. The second-order valence-electron chi connectivity index (χ2n) is 10.9. The molecule has 0 radical (unpaired) electrons. The third-order valence-electron chi connectivity index (χ3n) is 7.95. The van der Waals surface area contributed by atoms with Gasteiger partial charge in [-0.05, 0) is 71.4 Å². The molecule has 0 atom stereocenters. The smallest absolute Gasteiger partial charge is 0.148 e. The van der Waals surface area contributed by atoms with Crippen LogP contribution in [0.1, 0.15) is 0 Å². The second kappa shape index (κ2) is 9.88. The number of fused-ring (bicyclic) bond motifs is 5. The molecule has 0 amide bonds. The van der Waals surface area contributed by atoms with Gasteiger partial charge < -0.3 is 8.83 Å². The van der Waals surface area contributed by atoms with E-state index in [-0.39, 0.29) is 11.6 Å². The highest BCUT2D eigenvalue weighted by molar-refractivity contribution is 7.27. The van der Waals surface area contributed by atoms with Crippen LogP contribution in [0.25, 0.3) is 94.2 Å². The van der Waals surface area contributed by atoms with Crippen molar-refractivity contribution in [2.45, 2.75) is 0 Å². The summed E-state index contributed by atoms with van der Waals surface area (Å²) in [6, 6.07) is 30.5. The first-order valence-corrected chi connectivity index (χ1v) is 17.5. The van der Waals surface area contributed by atoms with E-state index in [1.807, 2.05) is 60.7 Å². The summed E-state index contributed by atoms with van der Waals surface area (Å²) in [5, 5.41) is 5.47. The zero-order valence-electron chi connectivity index (χ0n) is 23.3. The van der Waals surface area contributed by atoms with E-state index in [4.69, 9.17) is 18.8 Å². The quantitative estimate of drug-likeness (QED) is 0.186. The van der Waals surface area contributed by atoms with Crippen LogP contribution in [-0.2, 0) is 0 Å². The van der Waals surface area contributed by atoms with E-state index in [0.717, 1.165) is 72.9 Å². The summed E-state index contributed by atoms with van der Waals surface area (Å²) in [5.41, 5.74) is 3.17. The topological polar surface area (TPSA) is 52.1 Å². The standard InChI is InChI=1S/C36H16F2N2O2S4/c37-21-15-31(43-33(21)27-11-17-5-1-3-7-25(17)41-27)35-39-23-9-19-14-30-24(10-20(19)13-29(23)45-35)40-36(46-30)32-16-22(38)34(44-32)28-12-18-6-2-4-8-26(18)42-28/h1-16H. The van der Waals surface area contributed by atoms with Crippen molar-refractivity contribution < 1.29 is 17.6 Å². The first-order chi connectivity index (χ1) is 22.5. The van der Waals surface area contributed by atoms with Crippen molar-refractivity contribution in [3.8, 4) is 41.0 Å². The molecule has 10 rings (SSSR count). The number of aromatic nitrogens is 2. The molecule has 0 saturated heterocycles. The molecule has 220 valence electrons. The monoisotopic (exact) mass is 674 g/mol. The fraction of sp³-hybridized carbons (Fsp3) is 0. The third-order valence-corrected chi connectivity index (χ3v) is 12.6. The minimum Gasteiger partial charge on any atom is -0.455 e. The summed E-state index contributed by atoms with van der Waals surface area (Å²) < 4.78 is 44.1. The Labute approximate surface area is 274 Å². The summed E-state index contributed by atoms with van der Waals surface area (Å²) in [7, 11) is 0. The molecule has 10 aromatic rings. The molecule has 10 heteroatoms. The van der Waals surface area contributed by atoms with Gasteiger partial charge in [0.2, 0.25) is 0 Å². The fourth-order valence-corrected chi connectivity index (χ4v) is 9.84. The maximum atomic E-state index is 15.1. The fourth-order valence-electron chi connectivity index (χ4n) is 5.78. The van der Waals surface area contributed by atoms with Gasteiger partial charge in [0.15, 0.2) is 0 Å². The maximum absolute atomic E-state index is 15.1. The molecule has 6 aromatic heterocycles. The predicted molar refractivity (Wildman–Crippen MR) is 187 cm³/mol. The average Bonchev–Trinajstić information content (AvgIpc) is 3.89. The van der Waals surface area contributed by atoms with E-state index in [0.29, 0.717) is 21.3 Å². The summed E-state index contributed by atoms with van der Waals surface area (Å²) in [5.74, 6) is 0.399. The first-order valence-electron chi connectivity index (χ1n) is 14.2. The van der Waals surface area contributed by atoms with Gasteiger partial charge in [-0.2, -0.15) is 0 Å². The zero-order chi connectivity index (χ0) is 30.5. The summed E-state index contributed by atoms with van der Waals surface area (Å²) in [6.07, 6.45) is 0. The number of rotatable bonds is 4. The normalized spacial score (nSPS) is 12.1. The molecular weight excluding hydrogens is 659 g/mol. The molecule has 6 heterocycles. The Morgan fingerprint density at radius 1 is 0.478 bits per heavy atom. The molecule has 0 spiro atoms. The molecule has 0 aliphatic rings. The Balaban J connectivity index is 0.999. The zero-order valence-corrected chi connectivity index (χ0v) is 26.6. The molecular formula is C36H16F2N2O2S4. The van der Waals surface area contributed by atoms with E-state index in [2.05, 4.69) is 24.3 Å². The van der Waals surface area contributed by atoms with Crippen molar-refractivity contribution in [1.29, 1.82) is 0 Å². The number of para-hydroxylation sites is 2. The number of hydrogen-bond donors (Lipinski definition) is 0. The Morgan fingerprint density at radius 2 is 0.935 bits per heavy atom. The average molecular weight is 675 g/mol. The minimum absolute atomic E-state index is 0.319. The summed E-state index contributed by atoms with van der Waals surface area (Å²) in [4.78, 5) is 12.2. The SMILES string of the molecule is Fc1cc(-c2nc3cc4cc5sc(-c6cc(F)c(-c7cc8ccccc8o7)s6)nc5cc4cc3s2)sc1-c1cc2ccccc2o1. The van der Waals surface area contributed by atoms with Gasteiger partial charge in [0.05, 0.1) is 30.2 Å². The highest BCUT2D eigenvalue weighted by atomic mass is 32.1. The van der Waals surface area contributed by atoms with Crippen LogP contribution in [0.15, 0.2) is 106 Å². The van der Waals surface area contributed by atoms with Crippen molar-refractivity contribution >= 4 is 98.5 Å². The van der Waals surface area contributed by atoms with Crippen molar-refractivity contribution in [3.05, 3.63) is 109 Å². The Bertz CT molecular complexity index is 2490. The number of halogens is 2. The van der Waals surface area contributed by atoms with Gasteiger partial charge in [-0.15, -0.1) is 45.3 Å². The largest absolute Gasteiger partial charge is 0.455 e. The van der Waals surface area contributed by atoms with Crippen LogP contribution in [0.2, 0.25) is 0 Å². The van der Waals surface area contributed by atoms with Crippen molar-refractivity contribution in [3.63, 3.8) is 0 Å². The number of furan rings is 2. The minimum atomic E-state index is -0.319. The van der Waals surface area contributed by atoms with Crippen LogP contribution in [0.5, 0.6) is 0 Å². The van der Waals surface area contributed by atoms with E-state index in [9.17, 15) is 0 Å². The lowest BCUT2D eigenvalue weighted by Crippen LogP contribution is -1.76. The van der Waals surface area contributed by atoms with Gasteiger partial charge in [-0.3, -0.25) is 0 Å². The van der Waals surface area contributed by atoms with Crippen LogP contribution in [-0.4, -0.2) is 9.97 Å². The number of thiophene rings is 2. The Kier molecular flexibility index (Phi) is 5.69. The molecule has 0 bridgehead atoms. The highest BCUT2D eigenvalue weighted by Gasteiger charge is 2.20. The number of nitrogens with zero attached hydrogens (tertiary/aromatic N) is 2. The lowest BCUT2D eigenvalue weighted by molar-refractivity contribution is 0.606. The van der Waals surface area contributed by atoms with Crippen LogP contribution < -0.4 is 0 Å². The number of thiazole rings is 2. The van der Waals surface area contributed by atoms with E-state index in [1.54, 1.807) is 12.1 Å². The van der Waals surface area contributed by atoms with Crippen LogP contribution in [0.4, 0.5) is 8.78 Å². The van der Waals surface area contributed by atoms with Crippen LogP contribution in [0.3, 0.4) is 0 Å². The molecule has 0 aliphatic heterocycles. The van der Waals surface area contributed by atoms with Gasteiger partial charge in [0, 0.05) is 10.8 Å². The van der Waals surface area contributed by atoms with Crippen molar-refractivity contribution in [2.24, 2.45) is 0 Å².